The van der Waals surface area contributed by atoms with Crippen LogP contribution in [0, 0.1) is 3.57 Å². The first-order valence-electron chi connectivity index (χ1n) is 3.80. The van der Waals surface area contributed by atoms with Gasteiger partial charge >= 0.3 is 5.97 Å². The molecule has 72 valence electrons. The van der Waals surface area contributed by atoms with Gasteiger partial charge < -0.3 is 10.1 Å². The van der Waals surface area contributed by atoms with Gasteiger partial charge in [-0.2, -0.15) is 0 Å². The fourth-order valence-corrected chi connectivity index (χ4v) is 2.69. The second-order valence-corrected chi connectivity index (χ2v) is 4.27. The lowest BCUT2D eigenvalue weighted by Crippen LogP contribution is -1.98. The van der Waals surface area contributed by atoms with Gasteiger partial charge in [-0.25, -0.2) is 4.79 Å². The summed E-state index contributed by atoms with van der Waals surface area (Å²) in [4.78, 5) is 13.6. The molecule has 0 atom stereocenters. The zero-order valence-electron chi connectivity index (χ0n) is 6.84. The molecule has 5 heteroatoms. The third-order valence-electron chi connectivity index (χ3n) is 1.93. The van der Waals surface area contributed by atoms with Crippen molar-refractivity contribution in [3.63, 3.8) is 0 Å². The highest BCUT2D eigenvalue weighted by Gasteiger charge is 2.16. The molecule has 3 nitrogen and oxygen atoms in total. The number of hydrogen-bond donors (Lipinski definition) is 2. The maximum atomic E-state index is 10.8. The van der Waals surface area contributed by atoms with Crippen LogP contribution in [-0.4, -0.2) is 16.1 Å². The van der Waals surface area contributed by atoms with Gasteiger partial charge in [0, 0.05) is 10.9 Å². The molecule has 2 rings (SSSR count). The molecule has 1 heterocycles. The first kappa shape index (κ1) is 9.79. The number of aromatic nitrogens is 1. The Labute approximate surface area is 98.2 Å². The number of aromatic carboxylic acids is 1. The Morgan fingerprint density at radius 1 is 1.50 bits per heavy atom. The molecule has 2 N–H and O–H groups in total. The Hall–Kier alpha value is -0.750. The second-order valence-electron chi connectivity index (χ2n) is 2.78. The molecule has 0 saturated carbocycles. The van der Waals surface area contributed by atoms with E-state index in [4.69, 9.17) is 16.7 Å². The highest BCUT2D eigenvalue weighted by molar-refractivity contribution is 14.1. The fraction of sp³-hybridized carbons (Fsp3) is 0. The molecule has 1 aromatic carbocycles. The zero-order valence-corrected chi connectivity index (χ0v) is 9.76. The van der Waals surface area contributed by atoms with Gasteiger partial charge in [0.1, 0.15) is 5.69 Å². The van der Waals surface area contributed by atoms with Crippen molar-refractivity contribution in [3.05, 3.63) is 32.5 Å². The van der Waals surface area contributed by atoms with E-state index in [0.29, 0.717) is 8.59 Å². The third kappa shape index (κ3) is 1.38. The van der Waals surface area contributed by atoms with Crippen molar-refractivity contribution < 1.29 is 9.90 Å². The largest absolute Gasteiger partial charge is 0.477 e. The Bertz CT molecular complexity index is 521. The molecular formula is C9H5ClINO2. The molecule has 0 bridgehead atoms. The van der Waals surface area contributed by atoms with Crippen LogP contribution in [0.4, 0.5) is 0 Å². The van der Waals surface area contributed by atoms with Crippen molar-refractivity contribution in [2.75, 3.05) is 0 Å². The van der Waals surface area contributed by atoms with Crippen LogP contribution in [0.5, 0.6) is 0 Å². The van der Waals surface area contributed by atoms with E-state index in [2.05, 4.69) is 4.98 Å². The van der Waals surface area contributed by atoms with Gasteiger partial charge in [-0.15, -0.1) is 0 Å². The average molecular weight is 322 g/mol. The Morgan fingerprint density at radius 3 is 2.79 bits per heavy atom. The van der Waals surface area contributed by atoms with Crippen LogP contribution >= 0.6 is 34.2 Å². The predicted molar refractivity (Wildman–Crippen MR) is 63.0 cm³/mol. The summed E-state index contributed by atoms with van der Waals surface area (Å²) in [5.41, 5.74) is 0.938. The third-order valence-corrected chi connectivity index (χ3v) is 3.32. The van der Waals surface area contributed by atoms with Crippen LogP contribution in [0.3, 0.4) is 0 Å². The molecule has 0 saturated heterocycles. The summed E-state index contributed by atoms with van der Waals surface area (Å²) in [6.45, 7) is 0. The van der Waals surface area contributed by atoms with Crippen LogP contribution in [0.2, 0.25) is 5.02 Å². The quantitative estimate of drug-likeness (QED) is 0.793. The second kappa shape index (κ2) is 3.43. The van der Waals surface area contributed by atoms with Crippen LogP contribution in [0.1, 0.15) is 10.5 Å². The van der Waals surface area contributed by atoms with E-state index in [1.807, 2.05) is 22.6 Å². The molecule has 0 unspecified atom stereocenters. The summed E-state index contributed by atoms with van der Waals surface area (Å²) >= 11 is 7.94. The van der Waals surface area contributed by atoms with E-state index in [1.54, 1.807) is 18.2 Å². The molecule has 0 aliphatic rings. The van der Waals surface area contributed by atoms with E-state index in [-0.39, 0.29) is 5.69 Å². The van der Waals surface area contributed by atoms with Crippen molar-refractivity contribution in [1.29, 1.82) is 0 Å². The SMILES string of the molecule is O=C(O)c1[nH]c2cccc(Cl)c2c1I. The smallest absolute Gasteiger partial charge is 0.353 e. The van der Waals surface area contributed by atoms with Gasteiger partial charge in [-0.1, -0.05) is 17.7 Å². The minimum Gasteiger partial charge on any atom is -0.477 e. The monoisotopic (exact) mass is 321 g/mol. The Morgan fingerprint density at radius 2 is 2.21 bits per heavy atom. The normalized spacial score (nSPS) is 10.7. The van der Waals surface area contributed by atoms with E-state index in [0.717, 1.165) is 10.9 Å². The molecular weight excluding hydrogens is 316 g/mol. The van der Waals surface area contributed by atoms with Crippen LogP contribution in [-0.2, 0) is 0 Å². The van der Waals surface area contributed by atoms with Gasteiger partial charge in [0.15, 0.2) is 0 Å². The van der Waals surface area contributed by atoms with Gasteiger partial charge in [0.25, 0.3) is 0 Å². The maximum absolute atomic E-state index is 10.8. The van der Waals surface area contributed by atoms with Crippen molar-refractivity contribution >= 4 is 51.1 Å². The minimum absolute atomic E-state index is 0.189. The minimum atomic E-state index is -0.971. The first-order chi connectivity index (χ1) is 6.61. The summed E-state index contributed by atoms with van der Waals surface area (Å²) in [5, 5.41) is 10.2. The van der Waals surface area contributed by atoms with Crippen LogP contribution < -0.4 is 0 Å². The van der Waals surface area contributed by atoms with Crippen LogP contribution in [0.15, 0.2) is 18.2 Å². The number of carbonyl (C=O) groups is 1. The van der Waals surface area contributed by atoms with E-state index >= 15 is 0 Å². The van der Waals surface area contributed by atoms with Crippen molar-refractivity contribution in [2.24, 2.45) is 0 Å². The summed E-state index contributed by atoms with van der Waals surface area (Å²) in [6.07, 6.45) is 0. The number of fused-ring (bicyclic) bond motifs is 1. The summed E-state index contributed by atoms with van der Waals surface area (Å²) < 4.78 is 0.649. The number of benzene rings is 1. The zero-order chi connectivity index (χ0) is 10.3. The lowest BCUT2D eigenvalue weighted by Gasteiger charge is -1.92. The number of H-pyrrole nitrogens is 1. The van der Waals surface area contributed by atoms with Crippen LogP contribution in [0.25, 0.3) is 10.9 Å². The molecule has 0 fully saturated rings. The molecule has 2 aromatic rings. The Kier molecular flexibility index (Phi) is 2.40. The standard InChI is InChI=1S/C9H5ClINO2/c10-4-2-1-3-5-6(4)7(11)8(12-5)9(13)14/h1-3,12H,(H,13,14). The number of halogens is 2. The molecule has 0 aliphatic carbocycles. The molecule has 14 heavy (non-hydrogen) atoms. The Balaban J connectivity index is 2.87. The lowest BCUT2D eigenvalue weighted by molar-refractivity contribution is 0.0690. The van der Waals surface area contributed by atoms with E-state index < -0.39 is 5.97 Å². The molecule has 0 aliphatic heterocycles. The van der Waals surface area contributed by atoms with Crippen molar-refractivity contribution in [3.8, 4) is 0 Å². The summed E-state index contributed by atoms with van der Waals surface area (Å²) in [7, 11) is 0. The number of carboxylic acids is 1. The number of hydrogen-bond acceptors (Lipinski definition) is 1. The highest BCUT2D eigenvalue weighted by Crippen LogP contribution is 2.30. The highest BCUT2D eigenvalue weighted by atomic mass is 127. The van der Waals surface area contributed by atoms with Gasteiger partial charge in [0.2, 0.25) is 0 Å². The van der Waals surface area contributed by atoms with E-state index in [1.165, 1.54) is 0 Å². The molecule has 0 radical (unpaired) electrons. The topological polar surface area (TPSA) is 53.1 Å². The maximum Gasteiger partial charge on any atom is 0.353 e. The van der Waals surface area contributed by atoms with E-state index in [9.17, 15) is 4.79 Å². The lowest BCUT2D eigenvalue weighted by atomic mass is 10.2. The van der Waals surface area contributed by atoms with Crippen molar-refractivity contribution in [1.82, 2.24) is 4.98 Å². The molecule has 0 spiro atoms. The number of carboxylic acid groups (broad SMARTS) is 1. The fourth-order valence-electron chi connectivity index (χ4n) is 1.31. The molecule has 0 amide bonds. The summed E-state index contributed by atoms with van der Waals surface area (Å²) in [5.74, 6) is -0.971. The number of nitrogens with one attached hydrogen (secondary N) is 1. The average Bonchev–Trinajstić information content (AvgIpc) is 2.45. The predicted octanol–water partition coefficient (Wildman–Crippen LogP) is 3.12. The summed E-state index contributed by atoms with van der Waals surface area (Å²) in [6, 6.07) is 5.32. The molecule has 1 aromatic heterocycles. The van der Waals surface area contributed by atoms with Gasteiger partial charge in [-0.3, -0.25) is 0 Å². The first-order valence-corrected chi connectivity index (χ1v) is 5.26. The number of rotatable bonds is 1. The number of aromatic amines is 1. The van der Waals surface area contributed by atoms with Gasteiger partial charge in [0.05, 0.1) is 8.59 Å². The van der Waals surface area contributed by atoms with Crippen molar-refractivity contribution in [2.45, 2.75) is 0 Å². The van der Waals surface area contributed by atoms with Gasteiger partial charge in [-0.05, 0) is 34.7 Å².